The molecule has 0 saturated heterocycles. The van der Waals surface area contributed by atoms with Crippen LogP contribution >= 0.6 is 0 Å². The van der Waals surface area contributed by atoms with Gasteiger partial charge in [0.2, 0.25) is 18.6 Å². The number of hydrogen-bond donors (Lipinski definition) is 2. The minimum atomic E-state index is -0.571. The zero-order valence-electron chi connectivity index (χ0n) is 11.7. The van der Waals surface area contributed by atoms with E-state index >= 15 is 0 Å². The Morgan fingerprint density at radius 2 is 1.90 bits per heavy atom. The molecule has 6 heteroatoms. The number of amides is 2. The summed E-state index contributed by atoms with van der Waals surface area (Å²) in [6.07, 6.45) is 0. The number of carbonyl (C=O) groups is 2. The molecule has 0 aliphatic carbocycles. The van der Waals surface area contributed by atoms with Gasteiger partial charge in [-0.25, -0.2) is 0 Å². The van der Waals surface area contributed by atoms with Crippen LogP contribution in [0.2, 0.25) is 0 Å². The molecular weight excluding hydrogens is 260 g/mol. The van der Waals surface area contributed by atoms with Crippen molar-refractivity contribution in [3.05, 3.63) is 18.2 Å². The maximum absolute atomic E-state index is 12.2. The van der Waals surface area contributed by atoms with Crippen molar-refractivity contribution in [1.82, 2.24) is 5.32 Å². The highest BCUT2D eigenvalue weighted by molar-refractivity contribution is 5.97. The maximum atomic E-state index is 12.2. The van der Waals surface area contributed by atoms with Crippen LogP contribution in [0.15, 0.2) is 18.2 Å². The van der Waals surface area contributed by atoms with Crippen molar-refractivity contribution in [3.63, 3.8) is 0 Å². The number of ether oxygens (including phenoxy) is 2. The van der Waals surface area contributed by atoms with Crippen molar-refractivity contribution < 1.29 is 19.1 Å². The van der Waals surface area contributed by atoms with Crippen LogP contribution in [0.4, 0.5) is 5.69 Å². The molecule has 0 radical (unpaired) electrons. The number of nitrogens with one attached hydrogen (secondary N) is 2. The Hall–Kier alpha value is -2.24. The predicted octanol–water partition coefficient (Wildman–Crippen LogP) is 1.51. The molecule has 0 spiro atoms. The SMILES string of the molecule is CC(=O)NC(C(=O)Nc1ccc2c(c1)OCO2)C(C)C. The molecule has 1 aliphatic heterocycles. The Bertz CT molecular complexity index is 528. The van der Waals surface area contributed by atoms with Crippen LogP contribution in [-0.2, 0) is 9.59 Å². The second-order valence-electron chi connectivity index (χ2n) is 4.98. The van der Waals surface area contributed by atoms with Crippen molar-refractivity contribution in [3.8, 4) is 11.5 Å². The lowest BCUT2D eigenvalue weighted by atomic mass is 10.0. The van der Waals surface area contributed by atoms with E-state index in [0.717, 1.165) is 0 Å². The van der Waals surface area contributed by atoms with Crippen molar-refractivity contribution >= 4 is 17.5 Å². The number of hydrogen-bond acceptors (Lipinski definition) is 4. The Balaban J connectivity index is 2.07. The fourth-order valence-corrected chi connectivity index (χ4v) is 1.95. The van der Waals surface area contributed by atoms with E-state index in [1.165, 1.54) is 6.92 Å². The van der Waals surface area contributed by atoms with E-state index in [9.17, 15) is 9.59 Å². The molecule has 1 aromatic carbocycles. The minimum Gasteiger partial charge on any atom is -0.454 e. The van der Waals surface area contributed by atoms with E-state index in [1.54, 1.807) is 18.2 Å². The molecule has 1 aliphatic rings. The molecule has 0 bridgehead atoms. The van der Waals surface area contributed by atoms with Gasteiger partial charge >= 0.3 is 0 Å². The molecule has 20 heavy (non-hydrogen) atoms. The first-order valence-corrected chi connectivity index (χ1v) is 6.45. The van der Waals surface area contributed by atoms with Gasteiger partial charge in [0.15, 0.2) is 11.5 Å². The predicted molar refractivity (Wildman–Crippen MR) is 73.6 cm³/mol. The lowest BCUT2D eigenvalue weighted by molar-refractivity contribution is -0.126. The second kappa shape index (κ2) is 5.81. The Morgan fingerprint density at radius 1 is 1.20 bits per heavy atom. The van der Waals surface area contributed by atoms with Crippen molar-refractivity contribution in [2.75, 3.05) is 12.1 Å². The first-order chi connectivity index (χ1) is 9.47. The van der Waals surface area contributed by atoms with E-state index < -0.39 is 6.04 Å². The van der Waals surface area contributed by atoms with Gasteiger partial charge in [0.1, 0.15) is 6.04 Å². The van der Waals surface area contributed by atoms with Gasteiger partial charge in [-0.15, -0.1) is 0 Å². The van der Waals surface area contributed by atoms with Crippen LogP contribution in [0.1, 0.15) is 20.8 Å². The molecule has 0 aromatic heterocycles. The Kier molecular flexibility index (Phi) is 4.12. The summed E-state index contributed by atoms with van der Waals surface area (Å²) in [5.41, 5.74) is 0.607. The van der Waals surface area contributed by atoms with Crippen LogP contribution in [-0.4, -0.2) is 24.6 Å². The quantitative estimate of drug-likeness (QED) is 0.875. The Labute approximate surface area is 117 Å². The fourth-order valence-electron chi connectivity index (χ4n) is 1.95. The summed E-state index contributed by atoms with van der Waals surface area (Å²) < 4.78 is 10.5. The third kappa shape index (κ3) is 3.20. The standard InChI is InChI=1S/C14H18N2O4/c1-8(2)13(15-9(3)17)14(18)16-10-4-5-11-12(6-10)20-7-19-11/h4-6,8,13H,7H2,1-3H3,(H,15,17)(H,16,18). The maximum Gasteiger partial charge on any atom is 0.247 e. The van der Waals surface area contributed by atoms with E-state index in [2.05, 4.69) is 10.6 Å². The van der Waals surface area contributed by atoms with Gasteiger partial charge < -0.3 is 20.1 Å². The molecule has 0 saturated carbocycles. The van der Waals surface area contributed by atoms with Crippen LogP contribution in [0.5, 0.6) is 11.5 Å². The molecule has 108 valence electrons. The lowest BCUT2D eigenvalue weighted by Crippen LogP contribution is -2.46. The zero-order valence-corrected chi connectivity index (χ0v) is 11.7. The number of anilines is 1. The molecule has 1 heterocycles. The van der Waals surface area contributed by atoms with E-state index in [0.29, 0.717) is 17.2 Å². The zero-order chi connectivity index (χ0) is 14.7. The summed E-state index contributed by atoms with van der Waals surface area (Å²) in [6.45, 7) is 5.33. The van der Waals surface area contributed by atoms with Gasteiger partial charge in [-0.1, -0.05) is 13.8 Å². The first kappa shape index (κ1) is 14.2. The van der Waals surface area contributed by atoms with Crippen molar-refractivity contribution in [2.24, 2.45) is 5.92 Å². The summed E-state index contributed by atoms with van der Waals surface area (Å²) in [5.74, 6) is 0.764. The average Bonchev–Trinajstić information content (AvgIpc) is 2.82. The summed E-state index contributed by atoms with van der Waals surface area (Å²) in [4.78, 5) is 23.3. The topological polar surface area (TPSA) is 76.7 Å². The van der Waals surface area contributed by atoms with Crippen LogP contribution in [0, 0.1) is 5.92 Å². The van der Waals surface area contributed by atoms with Crippen LogP contribution < -0.4 is 20.1 Å². The van der Waals surface area contributed by atoms with Crippen LogP contribution in [0.3, 0.4) is 0 Å². The van der Waals surface area contributed by atoms with Gasteiger partial charge in [-0.3, -0.25) is 9.59 Å². The molecule has 1 unspecified atom stereocenters. The second-order valence-corrected chi connectivity index (χ2v) is 4.98. The van der Waals surface area contributed by atoms with E-state index in [4.69, 9.17) is 9.47 Å². The van der Waals surface area contributed by atoms with Gasteiger partial charge in [-0.05, 0) is 18.1 Å². The molecule has 1 atom stereocenters. The highest BCUT2D eigenvalue weighted by Gasteiger charge is 2.23. The smallest absolute Gasteiger partial charge is 0.247 e. The van der Waals surface area contributed by atoms with Gasteiger partial charge in [0.25, 0.3) is 0 Å². The largest absolute Gasteiger partial charge is 0.454 e. The number of rotatable bonds is 4. The van der Waals surface area contributed by atoms with Crippen LogP contribution in [0.25, 0.3) is 0 Å². The molecule has 2 amide bonds. The molecular formula is C14H18N2O4. The highest BCUT2D eigenvalue weighted by Crippen LogP contribution is 2.34. The third-order valence-corrected chi connectivity index (χ3v) is 2.95. The summed E-state index contributed by atoms with van der Waals surface area (Å²) >= 11 is 0. The molecule has 2 N–H and O–H groups in total. The highest BCUT2D eigenvalue weighted by atomic mass is 16.7. The monoisotopic (exact) mass is 278 g/mol. The van der Waals surface area contributed by atoms with Gasteiger partial charge in [0.05, 0.1) is 0 Å². The Morgan fingerprint density at radius 3 is 2.55 bits per heavy atom. The molecule has 2 rings (SSSR count). The molecule has 1 aromatic rings. The normalized spacial score (nSPS) is 14.0. The lowest BCUT2D eigenvalue weighted by Gasteiger charge is -2.21. The molecule has 0 fully saturated rings. The van der Waals surface area contributed by atoms with Gasteiger partial charge in [0, 0.05) is 18.7 Å². The van der Waals surface area contributed by atoms with Crippen molar-refractivity contribution in [1.29, 1.82) is 0 Å². The fraction of sp³-hybridized carbons (Fsp3) is 0.429. The average molecular weight is 278 g/mol. The summed E-state index contributed by atoms with van der Waals surface area (Å²) in [6, 6.07) is 4.60. The summed E-state index contributed by atoms with van der Waals surface area (Å²) in [7, 11) is 0. The number of fused-ring (bicyclic) bond motifs is 1. The van der Waals surface area contributed by atoms with Gasteiger partial charge in [-0.2, -0.15) is 0 Å². The number of carbonyl (C=O) groups excluding carboxylic acids is 2. The number of benzene rings is 1. The molecule has 6 nitrogen and oxygen atoms in total. The van der Waals surface area contributed by atoms with E-state index in [-0.39, 0.29) is 24.5 Å². The minimum absolute atomic E-state index is 0.00656. The van der Waals surface area contributed by atoms with Crippen molar-refractivity contribution in [2.45, 2.75) is 26.8 Å². The summed E-state index contributed by atoms with van der Waals surface area (Å²) in [5, 5.41) is 5.41. The third-order valence-electron chi connectivity index (χ3n) is 2.95. The van der Waals surface area contributed by atoms with E-state index in [1.807, 2.05) is 13.8 Å². The first-order valence-electron chi connectivity index (χ1n) is 6.45.